The van der Waals surface area contributed by atoms with Gasteiger partial charge in [0.25, 0.3) is 0 Å². The van der Waals surface area contributed by atoms with Gasteiger partial charge in [-0.05, 0) is 19.3 Å². The predicted molar refractivity (Wildman–Crippen MR) is 113 cm³/mol. The van der Waals surface area contributed by atoms with E-state index in [1.54, 1.807) is 13.8 Å². The highest BCUT2D eigenvalue weighted by molar-refractivity contribution is 5.94. The van der Waals surface area contributed by atoms with Crippen molar-refractivity contribution >= 4 is 29.6 Å². The minimum Gasteiger partial charge on any atom is -0.480 e. The minimum absolute atomic E-state index is 0.0220. The van der Waals surface area contributed by atoms with E-state index in [0.717, 1.165) is 0 Å². The molecule has 0 saturated carbocycles. The monoisotopic (exact) mass is 453 g/mol. The van der Waals surface area contributed by atoms with E-state index in [0.29, 0.717) is 5.69 Å². The van der Waals surface area contributed by atoms with Gasteiger partial charge >= 0.3 is 5.97 Å². The molecule has 0 aliphatic carbocycles. The number of H-pyrrole nitrogens is 1. The first kappa shape index (κ1) is 26.6. The molecule has 4 unspecified atom stereocenters. The van der Waals surface area contributed by atoms with Crippen LogP contribution in [0, 0.1) is 5.92 Å². The molecule has 1 rings (SSSR count). The number of carboxylic acid groups (broad SMARTS) is 1. The molecule has 1 heterocycles. The molecule has 9 N–H and O–H groups in total. The molecule has 1 aromatic heterocycles. The van der Waals surface area contributed by atoms with E-state index in [2.05, 4.69) is 25.9 Å². The molecule has 0 saturated heterocycles. The van der Waals surface area contributed by atoms with Crippen molar-refractivity contribution in [3.8, 4) is 0 Å². The highest BCUT2D eigenvalue weighted by Gasteiger charge is 2.31. The van der Waals surface area contributed by atoms with Gasteiger partial charge in [-0.3, -0.25) is 19.2 Å². The van der Waals surface area contributed by atoms with Crippen molar-refractivity contribution in [1.82, 2.24) is 25.9 Å². The van der Waals surface area contributed by atoms with E-state index >= 15 is 0 Å². The second-order valence-electron chi connectivity index (χ2n) is 7.77. The SMILES string of the molecule is CC(N)C(=O)NC(C(=O)NC(Cc1cnc[nH]1)C(=O)NC(CCC(N)=O)C(=O)O)C(C)C. The minimum atomic E-state index is -1.38. The number of hydrogen-bond donors (Lipinski definition) is 7. The Kier molecular flexibility index (Phi) is 10.3. The summed E-state index contributed by atoms with van der Waals surface area (Å²) < 4.78 is 0. The third-order valence-corrected chi connectivity index (χ3v) is 4.57. The number of rotatable bonds is 13. The van der Waals surface area contributed by atoms with Gasteiger partial charge in [0, 0.05) is 24.7 Å². The molecular formula is C19H31N7O6. The summed E-state index contributed by atoms with van der Waals surface area (Å²) in [6, 6.07) is -4.38. The number of primary amides is 1. The number of nitrogens with two attached hydrogens (primary N) is 2. The van der Waals surface area contributed by atoms with Crippen molar-refractivity contribution in [2.75, 3.05) is 0 Å². The second-order valence-corrected chi connectivity index (χ2v) is 7.77. The summed E-state index contributed by atoms with van der Waals surface area (Å²) in [5.41, 5.74) is 11.1. The number of aliphatic carboxylic acids is 1. The van der Waals surface area contributed by atoms with Crippen molar-refractivity contribution in [3.63, 3.8) is 0 Å². The van der Waals surface area contributed by atoms with Crippen LogP contribution in [0.5, 0.6) is 0 Å². The Morgan fingerprint density at radius 2 is 1.66 bits per heavy atom. The van der Waals surface area contributed by atoms with Crippen LogP contribution < -0.4 is 27.4 Å². The van der Waals surface area contributed by atoms with Crippen LogP contribution in [0.1, 0.15) is 39.3 Å². The van der Waals surface area contributed by atoms with Crippen LogP contribution in [0.15, 0.2) is 12.5 Å². The topological polar surface area (TPSA) is 222 Å². The molecule has 0 aliphatic rings. The standard InChI is InChI=1S/C19H31N7O6/c1-9(2)15(26-16(28)10(3)20)18(30)25-13(6-11-7-22-8-23-11)17(29)24-12(19(31)32)4-5-14(21)27/h7-10,12-13,15H,4-6,20H2,1-3H3,(H2,21,27)(H,22,23)(H,24,29)(H,25,30)(H,26,28)(H,31,32). The van der Waals surface area contributed by atoms with Crippen LogP contribution in [0.25, 0.3) is 0 Å². The lowest BCUT2D eigenvalue weighted by Gasteiger charge is -2.26. The summed E-state index contributed by atoms with van der Waals surface area (Å²) in [6.07, 6.45) is 2.37. The van der Waals surface area contributed by atoms with E-state index in [4.69, 9.17) is 11.5 Å². The maximum atomic E-state index is 12.9. The maximum absolute atomic E-state index is 12.9. The fourth-order valence-electron chi connectivity index (χ4n) is 2.72. The highest BCUT2D eigenvalue weighted by atomic mass is 16.4. The summed E-state index contributed by atoms with van der Waals surface area (Å²) >= 11 is 0. The van der Waals surface area contributed by atoms with Crippen LogP contribution in [0.2, 0.25) is 0 Å². The van der Waals surface area contributed by atoms with Gasteiger partial charge in [0.1, 0.15) is 18.1 Å². The molecule has 0 fully saturated rings. The molecule has 0 aromatic carbocycles. The van der Waals surface area contributed by atoms with Gasteiger partial charge in [0.2, 0.25) is 23.6 Å². The zero-order chi connectivity index (χ0) is 24.4. The molecule has 0 aliphatic heterocycles. The number of hydrogen-bond acceptors (Lipinski definition) is 7. The summed E-state index contributed by atoms with van der Waals surface area (Å²) in [6.45, 7) is 4.89. The molecule has 32 heavy (non-hydrogen) atoms. The smallest absolute Gasteiger partial charge is 0.326 e. The van der Waals surface area contributed by atoms with Gasteiger partial charge in [-0.1, -0.05) is 13.8 Å². The fraction of sp³-hybridized carbons (Fsp3) is 0.579. The Bertz CT molecular complexity index is 809. The number of carboxylic acids is 1. The Morgan fingerprint density at radius 1 is 1.03 bits per heavy atom. The van der Waals surface area contributed by atoms with Crippen LogP contribution in [0.3, 0.4) is 0 Å². The lowest BCUT2D eigenvalue weighted by molar-refractivity contribution is -0.142. The average molecular weight is 454 g/mol. The lowest BCUT2D eigenvalue weighted by atomic mass is 10.0. The van der Waals surface area contributed by atoms with Crippen LogP contribution in [-0.2, 0) is 30.4 Å². The van der Waals surface area contributed by atoms with Crippen LogP contribution in [0.4, 0.5) is 0 Å². The summed E-state index contributed by atoms with van der Waals surface area (Å²) in [5, 5.41) is 16.7. The van der Waals surface area contributed by atoms with Gasteiger partial charge in [-0.2, -0.15) is 0 Å². The number of aromatic nitrogens is 2. The predicted octanol–water partition coefficient (Wildman–Crippen LogP) is -2.24. The van der Waals surface area contributed by atoms with Crippen molar-refractivity contribution in [2.45, 2.75) is 64.2 Å². The van der Waals surface area contributed by atoms with Gasteiger partial charge in [-0.15, -0.1) is 0 Å². The molecular weight excluding hydrogens is 422 g/mol. The van der Waals surface area contributed by atoms with Gasteiger partial charge < -0.3 is 37.5 Å². The van der Waals surface area contributed by atoms with Crippen molar-refractivity contribution < 1.29 is 29.1 Å². The Labute approximate surface area is 185 Å². The molecule has 13 nitrogen and oxygen atoms in total. The summed E-state index contributed by atoms with van der Waals surface area (Å²) in [5.74, 6) is -4.35. The normalized spacial score (nSPS) is 14.7. The molecule has 4 atom stereocenters. The number of nitrogens with one attached hydrogen (secondary N) is 4. The first-order valence-corrected chi connectivity index (χ1v) is 10.1. The molecule has 0 radical (unpaired) electrons. The Morgan fingerprint density at radius 3 is 2.12 bits per heavy atom. The van der Waals surface area contributed by atoms with Crippen LogP contribution in [-0.4, -0.2) is 68.8 Å². The Hall–Kier alpha value is -3.48. The number of carbonyl (C=O) groups is 5. The lowest BCUT2D eigenvalue weighted by Crippen LogP contribution is -2.58. The maximum Gasteiger partial charge on any atom is 0.326 e. The van der Waals surface area contributed by atoms with E-state index in [1.807, 2.05) is 0 Å². The number of imidazole rings is 1. The number of amides is 4. The number of carbonyl (C=O) groups excluding carboxylic acids is 4. The zero-order valence-electron chi connectivity index (χ0n) is 18.3. The largest absolute Gasteiger partial charge is 0.480 e. The van der Waals surface area contributed by atoms with Crippen molar-refractivity contribution in [2.24, 2.45) is 17.4 Å². The highest BCUT2D eigenvalue weighted by Crippen LogP contribution is 2.07. The quantitative estimate of drug-likeness (QED) is 0.172. The number of nitrogens with zero attached hydrogens (tertiary/aromatic N) is 1. The van der Waals surface area contributed by atoms with E-state index in [1.165, 1.54) is 19.4 Å². The third kappa shape index (κ3) is 8.71. The first-order valence-electron chi connectivity index (χ1n) is 10.1. The Balaban J connectivity index is 3.02. The second kappa shape index (κ2) is 12.4. The molecule has 178 valence electrons. The van der Waals surface area contributed by atoms with Crippen LogP contribution >= 0.6 is 0 Å². The van der Waals surface area contributed by atoms with E-state index in [9.17, 15) is 29.1 Å². The average Bonchev–Trinajstić information content (AvgIpc) is 3.20. The van der Waals surface area contributed by atoms with Gasteiger partial charge in [0.15, 0.2) is 0 Å². The fourth-order valence-corrected chi connectivity index (χ4v) is 2.72. The van der Waals surface area contributed by atoms with Crippen molar-refractivity contribution in [1.29, 1.82) is 0 Å². The molecule has 1 aromatic rings. The van der Waals surface area contributed by atoms with E-state index < -0.39 is 53.8 Å². The third-order valence-electron chi connectivity index (χ3n) is 4.57. The van der Waals surface area contributed by atoms with Crippen molar-refractivity contribution in [3.05, 3.63) is 18.2 Å². The number of aromatic amines is 1. The molecule has 0 spiro atoms. The summed E-state index contributed by atoms with van der Waals surface area (Å²) in [7, 11) is 0. The zero-order valence-corrected chi connectivity index (χ0v) is 18.3. The van der Waals surface area contributed by atoms with Gasteiger partial charge in [-0.25, -0.2) is 9.78 Å². The van der Waals surface area contributed by atoms with E-state index in [-0.39, 0.29) is 25.2 Å². The first-order chi connectivity index (χ1) is 14.9. The molecule has 13 heteroatoms. The van der Waals surface area contributed by atoms with Gasteiger partial charge in [0.05, 0.1) is 12.4 Å². The summed E-state index contributed by atoms with van der Waals surface area (Å²) in [4.78, 5) is 66.8. The molecule has 0 bridgehead atoms. The molecule has 4 amide bonds.